The van der Waals surface area contributed by atoms with Crippen LogP contribution in [0.2, 0.25) is 0 Å². The smallest absolute Gasteiger partial charge is 0.223 e. The Hall–Kier alpha value is -3.21. The van der Waals surface area contributed by atoms with Gasteiger partial charge in [0.1, 0.15) is 0 Å². The lowest BCUT2D eigenvalue weighted by molar-refractivity contribution is -0.130. The first kappa shape index (κ1) is 19.5. The van der Waals surface area contributed by atoms with Crippen LogP contribution in [0, 0.1) is 0 Å². The Balaban J connectivity index is 1.52. The number of ketones is 1. The molecule has 0 N–H and O–H groups in total. The SMILES string of the molecule is CCc1ccc(C(=O)CCC(=O)N(C)Cc2cnn(-c3ccccc3)c2)cc1. The van der Waals surface area contributed by atoms with Gasteiger partial charge in [0, 0.05) is 43.8 Å². The second kappa shape index (κ2) is 9.13. The standard InChI is InChI=1S/C23H25N3O2/c1-3-18-9-11-20(12-10-18)22(27)13-14-23(28)25(2)16-19-15-24-26(17-19)21-7-5-4-6-8-21/h4-12,15,17H,3,13-14,16H2,1-2H3. The molecule has 5 heteroatoms. The Morgan fingerprint density at radius 3 is 2.36 bits per heavy atom. The minimum absolute atomic E-state index is 0.00120. The Morgan fingerprint density at radius 1 is 0.964 bits per heavy atom. The molecular weight excluding hydrogens is 350 g/mol. The molecule has 0 unspecified atom stereocenters. The normalized spacial score (nSPS) is 10.6. The Bertz CT molecular complexity index is 930. The van der Waals surface area contributed by atoms with Crippen molar-refractivity contribution in [3.05, 3.63) is 83.7 Å². The molecule has 144 valence electrons. The third kappa shape index (κ3) is 4.94. The molecule has 0 aliphatic heterocycles. The van der Waals surface area contributed by atoms with E-state index in [4.69, 9.17) is 0 Å². The molecule has 1 heterocycles. The molecule has 5 nitrogen and oxygen atoms in total. The van der Waals surface area contributed by atoms with Crippen LogP contribution in [0.25, 0.3) is 5.69 Å². The zero-order chi connectivity index (χ0) is 19.9. The number of carbonyl (C=O) groups excluding carboxylic acids is 2. The number of para-hydroxylation sites is 1. The van der Waals surface area contributed by atoms with Crippen LogP contribution in [0.5, 0.6) is 0 Å². The highest BCUT2D eigenvalue weighted by Gasteiger charge is 2.14. The summed E-state index contributed by atoms with van der Waals surface area (Å²) < 4.78 is 1.79. The van der Waals surface area contributed by atoms with Crippen LogP contribution in [0.1, 0.15) is 41.3 Å². The predicted molar refractivity (Wildman–Crippen MR) is 109 cm³/mol. The monoisotopic (exact) mass is 375 g/mol. The number of rotatable bonds is 8. The van der Waals surface area contributed by atoms with Crippen molar-refractivity contribution in [1.82, 2.24) is 14.7 Å². The maximum Gasteiger partial charge on any atom is 0.223 e. The van der Waals surface area contributed by atoms with Crippen molar-refractivity contribution in [2.24, 2.45) is 0 Å². The van der Waals surface area contributed by atoms with Gasteiger partial charge in [0.05, 0.1) is 11.9 Å². The highest BCUT2D eigenvalue weighted by Crippen LogP contribution is 2.12. The minimum Gasteiger partial charge on any atom is -0.341 e. The van der Waals surface area contributed by atoms with Crippen LogP contribution in [0.15, 0.2) is 67.0 Å². The number of aromatic nitrogens is 2. The van der Waals surface area contributed by atoms with Crippen LogP contribution < -0.4 is 0 Å². The molecule has 0 radical (unpaired) electrons. The summed E-state index contributed by atoms with van der Waals surface area (Å²) in [4.78, 5) is 26.4. The molecular formula is C23H25N3O2. The number of nitrogens with zero attached hydrogens (tertiary/aromatic N) is 3. The summed E-state index contributed by atoms with van der Waals surface area (Å²) in [5.41, 5.74) is 3.78. The molecule has 1 amide bonds. The molecule has 0 saturated heterocycles. The van der Waals surface area contributed by atoms with Gasteiger partial charge < -0.3 is 4.90 Å². The lowest BCUT2D eigenvalue weighted by Gasteiger charge is -2.16. The highest BCUT2D eigenvalue weighted by atomic mass is 16.2. The number of hydrogen-bond acceptors (Lipinski definition) is 3. The van der Waals surface area contributed by atoms with Gasteiger partial charge in [-0.05, 0) is 24.1 Å². The van der Waals surface area contributed by atoms with Crippen molar-refractivity contribution in [1.29, 1.82) is 0 Å². The summed E-state index contributed by atoms with van der Waals surface area (Å²) in [5.74, 6) is -0.0488. The molecule has 0 aliphatic rings. The quantitative estimate of drug-likeness (QED) is 0.558. The number of amides is 1. The van der Waals surface area contributed by atoms with Gasteiger partial charge in [0.15, 0.2) is 5.78 Å². The van der Waals surface area contributed by atoms with E-state index in [1.54, 1.807) is 22.8 Å². The average Bonchev–Trinajstić information content (AvgIpc) is 3.21. The van der Waals surface area contributed by atoms with Crippen LogP contribution in [0.4, 0.5) is 0 Å². The largest absolute Gasteiger partial charge is 0.341 e. The van der Waals surface area contributed by atoms with Crippen molar-refractivity contribution in [3.63, 3.8) is 0 Å². The predicted octanol–water partition coefficient (Wildman–Crippen LogP) is 4.06. The first-order valence-corrected chi connectivity index (χ1v) is 9.52. The van der Waals surface area contributed by atoms with E-state index in [0.717, 1.165) is 17.7 Å². The summed E-state index contributed by atoms with van der Waals surface area (Å²) in [6, 6.07) is 17.4. The van der Waals surface area contributed by atoms with Gasteiger partial charge in [-0.2, -0.15) is 5.10 Å². The summed E-state index contributed by atoms with van der Waals surface area (Å²) in [6.07, 6.45) is 5.05. The molecule has 0 aliphatic carbocycles. The highest BCUT2D eigenvalue weighted by molar-refractivity contribution is 5.97. The first-order chi connectivity index (χ1) is 13.6. The van der Waals surface area contributed by atoms with E-state index in [0.29, 0.717) is 12.1 Å². The zero-order valence-electron chi connectivity index (χ0n) is 16.3. The second-order valence-electron chi connectivity index (χ2n) is 6.85. The Morgan fingerprint density at radius 2 is 1.68 bits per heavy atom. The van der Waals surface area contributed by atoms with E-state index in [-0.39, 0.29) is 24.5 Å². The Labute approximate surface area is 165 Å². The van der Waals surface area contributed by atoms with Crippen LogP contribution in [-0.4, -0.2) is 33.4 Å². The molecule has 28 heavy (non-hydrogen) atoms. The summed E-state index contributed by atoms with van der Waals surface area (Å²) in [6.45, 7) is 2.54. The minimum atomic E-state index is -0.0500. The number of benzene rings is 2. The summed E-state index contributed by atoms with van der Waals surface area (Å²) in [7, 11) is 1.75. The van der Waals surface area contributed by atoms with E-state index in [1.807, 2.05) is 60.8 Å². The van der Waals surface area contributed by atoms with Crippen molar-refractivity contribution in [2.75, 3.05) is 7.05 Å². The number of aryl methyl sites for hydroxylation is 1. The average molecular weight is 375 g/mol. The van der Waals surface area contributed by atoms with Gasteiger partial charge in [-0.3, -0.25) is 9.59 Å². The number of hydrogen-bond donors (Lipinski definition) is 0. The number of carbonyl (C=O) groups is 2. The van der Waals surface area contributed by atoms with Gasteiger partial charge in [-0.1, -0.05) is 49.4 Å². The third-order valence-corrected chi connectivity index (χ3v) is 4.75. The number of Topliss-reactive ketones (excluding diaryl/α,β-unsaturated/α-hetero) is 1. The molecule has 0 fully saturated rings. The topological polar surface area (TPSA) is 55.2 Å². The second-order valence-corrected chi connectivity index (χ2v) is 6.85. The molecule has 0 atom stereocenters. The van der Waals surface area contributed by atoms with Crippen LogP contribution >= 0.6 is 0 Å². The van der Waals surface area contributed by atoms with Crippen molar-refractivity contribution in [2.45, 2.75) is 32.7 Å². The van der Waals surface area contributed by atoms with E-state index in [2.05, 4.69) is 12.0 Å². The van der Waals surface area contributed by atoms with Crippen molar-refractivity contribution < 1.29 is 9.59 Å². The van der Waals surface area contributed by atoms with E-state index < -0.39 is 0 Å². The van der Waals surface area contributed by atoms with Gasteiger partial charge >= 0.3 is 0 Å². The third-order valence-electron chi connectivity index (χ3n) is 4.75. The van der Waals surface area contributed by atoms with E-state index in [9.17, 15) is 9.59 Å². The maximum absolute atomic E-state index is 12.4. The molecule has 3 aromatic rings. The molecule has 1 aromatic heterocycles. The van der Waals surface area contributed by atoms with Gasteiger partial charge in [0.25, 0.3) is 0 Å². The molecule has 2 aromatic carbocycles. The van der Waals surface area contributed by atoms with Gasteiger partial charge in [0.2, 0.25) is 5.91 Å². The molecule has 0 saturated carbocycles. The lowest BCUT2D eigenvalue weighted by Crippen LogP contribution is -2.26. The van der Waals surface area contributed by atoms with Crippen LogP contribution in [0.3, 0.4) is 0 Å². The maximum atomic E-state index is 12.4. The van der Waals surface area contributed by atoms with Crippen molar-refractivity contribution >= 4 is 11.7 Å². The fraction of sp³-hybridized carbons (Fsp3) is 0.261. The zero-order valence-corrected chi connectivity index (χ0v) is 16.3. The fourth-order valence-corrected chi connectivity index (χ4v) is 3.01. The lowest BCUT2D eigenvalue weighted by atomic mass is 10.0. The van der Waals surface area contributed by atoms with Crippen molar-refractivity contribution in [3.8, 4) is 5.69 Å². The van der Waals surface area contributed by atoms with Crippen LogP contribution in [-0.2, 0) is 17.8 Å². The molecule has 0 bridgehead atoms. The summed E-state index contributed by atoms with van der Waals surface area (Å²) in [5, 5.41) is 4.35. The van der Waals surface area contributed by atoms with Gasteiger partial charge in [-0.15, -0.1) is 0 Å². The Kier molecular flexibility index (Phi) is 6.37. The fourth-order valence-electron chi connectivity index (χ4n) is 3.01. The van der Waals surface area contributed by atoms with E-state index in [1.165, 1.54) is 5.56 Å². The molecule has 0 spiro atoms. The molecule has 3 rings (SSSR count). The summed E-state index contributed by atoms with van der Waals surface area (Å²) >= 11 is 0. The first-order valence-electron chi connectivity index (χ1n) is 9.52. The van der Waals surface area contributed by atoms with Gasteiger partial charge in [-0.25, -0.2) is 4.68 Å². The van der Waals surface area contributed by atoms with E-state index >= 15 is 0 Å².